The lowest BCUT2D eigenvalue weighted by Gasteiger charge is -2.42. The maximum atomic E-state index is 13.3. The maximum absolute atomic E-state index is 13.3. The monoisotopic (exact) mass is 473 g/mol. The molecule has 3 atom stereocenters. The Hall–Kier alpha value is -2.23. The fourth-order valence-electron chi connectivity index (χ4n) is 3.89. The Balaban J connectivity index is 1.82. The van der Waals surface area contributed by atoms with Gasteiger partial charge in [0.15, 0.2) is 11.7 Å². The predicted molar refractivity (Wildman–Crippen MR) is 136 cm³/mol. The Morgan fingerprint density at radius 1 is 1.30 bits per heavy atom. The number of nitrogens with two attached hydrogens (primary N) is 1. The molecular weight excluding hydrogens is 437 g/mol. The van der Waals surface area contributed by atoms with Gasteiger partial charge < -0.3 is 5.73 Å². The average molecular weight is 474 g/mol. The fourth-order valence-corrected chi connectivity index (χ4v) is 5.11. The summed E-state index contributed by atoms with van der Waals surface area (Å²) in [5.41, 5.74) is 11.4. The van der Waals surface area contributed by atoms with E-state index in [1.807, 2.05) is 15.9 Å². The second-order valence-corrected chi connectivity index (χ2v) is 10.0. The number of aromatic nitrogens is 2. The van der Waals surface area contributed by atoms with E-state index in [4.69, 9.17) is 10.7 Å². The van der Waals surface area contributed by atoms with E-state index in [1.165, 1.54) is 12.1 Å². The summed E-state index contributed by atoms with van der Waals surface area (Å²) in [4.78, 5) is 9.18. The molecule has 2 heterocycles. The molecule has 1 aliphatic heterocycles. The van der Waals surface area contributed by atoms with Crippen LogP contribution in [0, 0.1) is 11.7 Å². The molecule has 3 rings (SSSR count). The van der Waals surface area contributed by atoms with Crippen LogP contribution in [-0.4, -0.2) is 44.6 Å². The fraction of sp³-hybridized carbons (Fsp3) is 0.542. The molecule has 0 radical (unpaired) electrons. The number of benzene rings is 1. The highest BCUT2D eigenvalue weighted by molar-refractivity contribution is 8.00. The van der Waals surface area contributed by atoms with Crippen molar-refractivity contribution < 1.29 is 4.39 Å². The molecule has 0 aliphatic carbocycles. The number of aliphatic imine (C=N–C) groups is 2. The van der Waals surface area contributed by atoms with Gasteiger partial charge in [0.05, 0.1) is 35.6 Å². The van der Waals surface area contributed by atoms with Crippen LogP contribution < -0.4 is 11.2 Å². The van der Waals surface area contributed by atoms with Crippen LogP contribution in [0.1, 0.15) is 57.6 Å². The molecule has 9 heteroatoms. The van der Waals surface area contributed by atoms with Crippen LogP contribution in [-0.2, 0) is 13.1 Å². The van der Waals surface area contributed by atoms with Crippen molar-refractivity contribution in [2.75, 3.05) is 6.54 Å². The van der Waals surface area contributed by atoms with Gasteiger partial charge in [-0.1, -0.05) is 45.7 Å². The van der Waals surface area contributed by atoms with E-state index in [2.05, 4.69) is 43.0 Å². The first-order chi connectivity index (χ1) is 15.9. The van der Waals surface area contributed by atoms with E-state index in [0.717, 1.165) is 61.6 Å². The lowest BCUT2D eigenvalue weighted by Crippen LogP contribution is -2.63. The number of thioether (sulfide) groups is 1. The van der Waals surface area contributed by atoms with Gasteiger partial charge in [0.1, 0.15) is 5.82 Å². The van der Waals surface area contributed by atoms with Crippen molar-refractivity contribution in [3.05, 3.63) is 47.4 Å². The van der Waals surface area contributed by atoms with Crippen molar-refractivity contribution in [2.24, 2.45) is 21.6 Å². The highest BCUT2D eigenvalue weighted by Crippen LogP contribution is 2.28. The van der Waals surface area contributed by atoms with E-state index in [1.54, 1.807) is 23.9 Å². The Bertz CT molecular complexity index is 921. The van der Waals surface area contributed by atoms with Crippen molar-refractivity contribution >= 4 is 30.1 Å². The van der Waals surface area contributed by atoms with E-state index in [-0.39, 0.29) is 16.6 Å². The number of halogens is 1. The Morgan fingerprint density at radius 2 is 2.00 bits per heavy atom. The maximum Gasteiger partial charge on any atom is 0.160 e. The molecule has 3 N–H and O–H groups in total. The summed E-state index contributed by atoms with van der Waals surface area (Å²) in [6.45, 7) is 12.3. The zero-order chi connectivity index (χ0) is 23.8. The molecule has 33 heavy (non-hydrogen) atoms. The van der Waals surface area contributed by atoms with Gasteiger partial charge >= 0.3 is 0 Å². The van der Waals surface area contributed by atoms with Gasteiger partial charge in [0, 0.05) is 6.54 Å². The Labute approximate surface area is 200 Å². The third-order valence-electron chi connectivity index (χ3n) is 5.61. The number of nitrogens with zero attached hydrogens (tertiary/aromatic N) is 5. The van der Waals surface area contributed by atoms with Gasteiger partial charge in [0.25, 0.3) is 0 Å². The molecule has 1 aromatic heterocycles. The summed E-state index contributed by atoms with van der Waals surface area (Å²) < 4.78 is 15.2. The molecule has 0 spiro atoms. The minimum absolute atomic E-state index is 0.113. The third-order valence-corrected chi connectivity index (χ3v) is 6.78. The first-order valence-electron chi connectivity index (χ1n) is 11.7. The summed E-state index contributed by atoms with van der Waals surface area (Å²) in [5.74, 6) is 1.72. The van der Waals surface area contributed by atoms with E-state index >= 15 is 0 Å². The van der Waals surface area contributed by atoms with Crippen LogP contribution in [0.4, 0.5) is 10.2 Å². The quantitative estimate of drug-likeness (QED) is 0.265. The number of hydrazine groups is 1. The van der Waals surface area contributed by atoms with Crippen molar-refractivity contribution in [1.82, 2.24) is 20.2 Å². The lowest BCUT2D eigenvalue weighted by atomic mass is 10.1. The summed E-state index contributed by atoms with van der Waals surface area (Å²) in [6, 6.07) is 6.42. The van der Waals surface area contributed by atoms with E-state index in [9.17, 15) is 4.39 Å². The second-order valence-electron chi connectivity index (χ2n) is 8.57. The number of rotatable bonds is 12. The van der Waals surface area contributed by atoms with Gasteiger partial charge in [-0.2, -0.15) is 5.10 Å². The van der Waals surface area contributed by atoms with Gasteiger partial charge in [-0.25, -0.2) is 19.5 Å². The smallest absolute Gasteiger partial charge is 0.160 e. The third kappa shape index (κ3) is 6.88. The molecule has 0 bridgehead atoms. The number of amidine groups is 1. The van der Waals surface area contributed by atoms with Crippen LogP contribution >= 0.6 is 11.8 Å². The minimum atomic E-state index is -0.253. The average Bonchev–Trinajstić information content (AvgIpc) is 3.15. The molecule has 0 saturated carbocycles. The molecular formula is C24H36FN7S. The first kappa shape index (κ1) is 25.4. The zero-order valence-corrected chi connectivity index (χ0v) is 20.7. The van der Waals surface area contributed by atoms with Crippen molar-refractivity contribution in [2.45, 2.75) is 70.3 Å². The van der Waals surface area contributed by atoms with Crippen LogP contribution in [0.5, 0.6) is 0 Å². The van der Waals surface area contributed by atoms with Crippen molar-refractivity contribution in [1.29, 1.82) is 0 Å². The predicted octanol–water partition coefficient (Wildman–Crippen LogP) is 4.70. The zero-order valence-electron chi connectivity index (χ0n) is 19.9. The molecule has 7 nitrogen and oxygen atoms in total. The first-order valence-corrected chi connectivity index (χ1v) is 12.7. The molecule has 180 valence electrons. The SMILES string of the molecule is C=Nc1c(/C(=N\Cc2ccc(F)cc2)N2CC(SC(N)CCC)N2)cnn1CC(C)CCC. The molecule has 1 fully saturated rings. The Morgan fingerprint density at radius 3 is 2.64 bits per heavy atom. The van der Waals surface area contributed by atoms with Gasteiger partial charge in [0.2, 0.25) is 0 Å². The molecule has 3 unspecified atom stereocenters. The highest BCUT2D eigenvalue weighted by atomic mass is 32.2. The lowest BCUT2D eigenvalue weighted by molar-refractivity contribution is 0.184. The van der Waals surface area contributed by atoms with E-state index < -0.39 is 0 Å². The van der Waals surface area contributed by atoms with Crippen LogP contribution in [0.15, 0.2) is 40.4 Å². The van der Waals surface area contributed by atoms with Gasteiger partial charge in [-0.15, -0.1) is 11.8 Å². The number of hydrogen-bond acceptors (Lipinski definition) is 6. The molecule has 1 aliphatic rings. The van der Waals surface area contributed by atoms with Crippen LogP contribution in [0.25, 0.3) is 0 Å². The standard InChI is InChI=1S/C24H36FN7S/c1-5-7-17(3)15-31-23(27-4)20(14-29-31)24(28-13-18-9-11-19(25)12-10-18)32-16-22(30-32)33-21(26)8-6-2/h9-12,14,17,21-22,30H,4-8,13,15-16,26H2,1-3H3/b28-24+. The summed E-state index contributed by atoms with van der Waals surface area (Å²) >= 11 is 1.74. The Kier molecular flexibility index (Phi) is 9.46. The topological polar surface area (TPSA) is 83.8 Å². The molecule has 1 saturated heterocycles. The van der Waals surface area contributed by atoms with Crippen LogP contribution in [0.3, 0.4) is 0 Å². The molecule has 1 aromatic carbocycles. The second kappa shape index (κ2) is 12.3. The number of hydrogen-bond donors (Lipinski definition) is 2. The summed E-state index contributed by atoms with van der Waals surface area (Å²) in [5, 5.41) is 6.97. The van der Waals surface area contributed by atoms with Gasteiger partial charge in [-0.05, 0) is 43.2 Å². The van der Waals surface area contributed by atoms with Gasteiger partial charge in [-0.3, -0.25) is 10.0 Å². The highest BCUT2D eigenvalue weighted by Gasteiger charge is 2.33. The van der Waals surface area contributed by atoms with Crippen molar-refractivity contribution in [3.63, 3.8) is 0 Å². The molecule has 0 amide bonds. The van der Waals surface area contributed by atoms with Crippen molar-refractivity contribution in [3.8, 4) is 0 Å². The summed E-state index contributed by atoms with van der Waals surface area (Å²) in [6.07, 6.45) is 6.13. The number of nitrogens with one attached hydrogen (secondary N) is 1. The van der Waals surface area contributed by atoms with E-state index in [0.29, 0.717) is 12.5 Å². The van der Waals surface area contributed by atoms with Crippen LogP contribution in [0.2, 0.25) is 0 Å². The summed E-state index contributed by atoms with van der Waals surface area (Å²) in [7, 11) is 0. The minimum Gasteiger partial charge on any atom is -0.319 e. The molecule has 2 aromatic rings. The normalized spacial score (nSPS) is 18.2. The largest absolute Gasteiger partial charge is 0.319 e.